The van der Waals surface area contributed by atoms with Gasteiger partial charge < -0.3 is 15.4 Å². The molecule has 0 aromatic heterocycles. The average molecular weight is 248 g/mol. The molecule has 1 aliphatic rings. The first kappa shape index (κ1) is 12.7. The summed E-state index contributed by atoms with van der Waals surface area (Å²) in [5, 5.41) is 6.37. The largest absolute Gasteiger partial charge is 0.497 e. The van der Waals surface area contributed by atoms with Crippen molar-refractivity contribution in [2.24, 2.45) is 5.41 Å². The van der Waals surface area contributed by atoms with Gasteiger partial charge in [0.15, 0.2) is 0 Å². The number of hydrogen-bond donors (Lipinski definition) is 2. The number of carbonyl (C=O) groups is 1. The molecule has 0 radical (unpaired) electrons. The van der Waals surface area contributed by atoms with E-state index in [4.69, 9.17) is 4.74 Å². The molecule has 4 heteroatoms. The number of fused-ring (bicyclic) bond motifs is 1. The summed E-state index contributed by atoms with van der Waals surface area (Å²) in [5.74, 6) is 0.836. The minimum Gasteiger partial charge on any atom is -0.497 e. The summed E-state index contributed by atoms with van der Waals surface area (Å²) in [6.45, 7) is 4.79. The molecule has 0 saturated heterocycles. The van der Waals surface area contributed by atoms with Crippen LogP contribution in [-0.4, -0.2) is 19.6 Å². The summed E-state index contributed by atoms with van der Waals surface area (Å²) in [6.07, 6.45) is 1.65. The number of rotatable bonds is 3. The SMILES string of the molecule is CCC1(CC)CNc2ccc(OC)cc2NC1=O. The van der Waals surface area contributed by atoms with Crippen molar-refractivity contribution in [2.75, 3.05) is 24.3 Å². The Morgan fingerprint density at radius 3 is 2.61 bits per heavy atom. The van der Waals surface area contributed by atoms with Crippen LogP contribution in [0.15, 0.2) is 18.2 Å². The van der Waals surface area contributed by atoms with Gasteiger partial charge in [-0.15, -0.1) is 0 Å². The number of amides is 1. The monoisotopic (exact) mass is 248 g/mol. The Morgan fingerprint density at radius 1 is 1.28 bits per heavy atom. The van der Waals surface area contributed by atoms with E-state index in [0.29, 0.717) is 6.54 Å². The molecule has 4 nitrogen and oxygen atoms in total. The zero-order chi connectivity index (χ0) is 13.2. The predicted molar refractivity (Wildman–Crippen MR) is 73.1 cm³/mol. The molecule has 0 fully saturated rings. The second-order valence-electron chi connectivity index (χ2n) is 4.71. The molecule has 18 heavy (non-hydrogen) atoms. The Balaban J connectivity index is 2.35. The van der Waals surface area contributed by atoms with E-state index in [9.17, 15) is 4.79 Å². The molecular formula is C14H20N2O2. The van der Waals surface area contributed by atoms with Crippen molar-refractivity contribution in [1.82, 2.24) is 0 Å². The summed E-state index contributed by atoms with van der Waals surface area (Å²) < 4.78 is 5.18. The third kappa shape index (κ3) is 2.03. The van der Waals surface area contributed by atoms with Crippen molar-refractivity contribution in [2.45, 2.75) is 26.7 Å². The zero-order valence-electron chi connectivity index (χ0n) is 11.2. The molecule has 2 rings (SSSR count). The zero-order valence-corrected chi connectivity index (χ0v) is 11.2. The topological polar surface area (TPSA) is 50.4 Å². The second kappa shape index (κ2) is 4.88. The maximum atomic E-state index is 12.4. The van der Waals surface area contributed by atoms with E-state index >= 15 is 0 Å². The van der Waals surface area contributed by atoms with Gasteiger partial charge in [-0.2, -0.15) is 0 Å². The minimum atomic E-state index is -0.327. The Kier molecular flexibility index (Phi) is 3.45. The van der Waals surface area contributed by atoms with Crippen LogP contribution in [0.2, 0.25) is 0 Å². The Morgan fingerprint density at radius 2 is 2.00 bits per heavy atom. The third-order valence-corrected chi connectivity index (χ3v) is 3.93. The van der Waals surface area contributed by atoms with E-state index in [1.165, 1.54) is 0 Å². The Bertz CT molecular complexity index is 453. The number of anilines is 2. The highest BCUT2D eigenvalue weighted by atomic mass is 16.5. The van der Waals surface area contributed by atoms with Crippen molar-refractivity contribution in [1.29, 1.82) is 0 Å². The van der Waals surface area contributed by atoms with E-state index in [1.807, 2.05) is 18.2 Å². The van der Waals surface area contributed by atoms with Gasteiger partial charge >= 0.3 is 0 Å². The van der Waals surface area contributed by atoms with Gasteiger partial charge in [0.1, 0.15) is 5.75 Å². The standard InChI is InChI=1S/C14H20N2O2/c1-4-14(5-2)9-15-11-7-6-10(18-3)8-12(11)16-13(14)17/h6-8,15H,4-5,9H2,1-3H3,(H,16,17). The minimum absolute atomic E-state index is 0.0898. The molecule has 98 valence electrons. The van der Waals surface area contributed by atoms with Crippen LogP contribution in [0.25, 0.3) is 0 Å². The maximum absolute atomic E-state index is 12.4. The molecule has 1 amide bonds. The summed E-state index contributed by atoms with van der Waals surface area (Å²) in [6, 6.07) is 5.68. The second-order valence-corrected chi connectivity index (χ2v) is 4.71. The van der Waals surface area contributed by atoms with Crippen LogP contribution in [0, 0.1) is 5.41 Å². The third-order valence-electron chi connectivity index (χ3n) is 3.93. The molecular weight excluding hydrogens is 228 g/mol. The van der Waals surface area contributed by atoms with Crippen LogP contribution < -0.4 is 15.4 Å². The van der Waals surface area contributed by atoms with E-state index in [1.54, 1.807) is 7.11 Å². The smallest absolute Gasteiger partial charge is 0.232 e. The predicted octanol–water partition coefficient (Wildman–Crippen LogP) is 2.87. The molecule has 0 spiro atoms. The fraction of sp³-hybridized carbons (Fsp3) is 0.500. The lowest BCUT2D eigenvalue weighted by Gasteiger charge is -2.27. The van der Waals surface area contributed by atoms with Crippen molar-refractivity contribution in [3.8, 4) is 5.75 Å². The highest BCUT2D eigenvalue weighted by Gasteiger charge is 2.37. The van der Waals surface area contributed by atoms with E-state index in [-0.39, 0.29) is 11.3 Å². The number of ether oxygens (including phenoxy) is 1. The number of hydrogen-bond acceptors (Lipinski definition) is 3. The Hall–Kier alpha value is -1.71. The van der Waals surface area contributed by atoms with Crippen LogP contribution in [0.4, 0.5) is 11.4 Å². The van der Waals surface area contributed by atoms with Gasteiger partial charge in [-0.05, 0) is 25.0 Å². The van der Waals surface area contributed by atoms with E-state index in [0.717, 1.165) is 30.0 Å². The first-order valence-corrected chi connectivity index (χ1v) is 6.38. The highest BCUT2D eigenvalue weighted by molar-refractivity contribution is 6.00. The molecule has 1 aromatic rings. The van der Waals surface area contributed by atoms with Gasteiger partial charge in [-0.25, -0.2) is 0 Å². The van der Waals surface area contributed by atoms with Crippen LogP contribution >= 0.6 is 0 Å². The lowest BCUT2D eigenvalue weighted by atomic mass is 9.81. The van der Waals surface area contributed by atoms with Crippen LogP contribution in [0.1, 0.15) is 26.7 Å². The van der Waals surface area contributed by atoms with Crippen molar-refractivity contribution in [3.63, 3.8) is 0 Å². The Labute approximate surface area is 108 Å². The number of methoxy groups -OCH3 is 1. The highest BCUT2D eigenvalue weighted by Crippen LogP contribution is 2.36. The van der Waals surface area contributed by atoms with Crippen molar-refractivity contribution in [3.05, 3.63) is 18.2 Å². The van der Waals surface area contributed by atoms with Crippen LogP contribution in [-0.2, 0) is 4.79 Å². The number of carbonyl (C=O) groups excluding carboxylic acids is 1. The molecule has 0 saturated carbocycles. The fourth-order valence-corrected chi connectivity index (χ4v) is 2.33. The number of benzene rings is 1. The first-order chi connectivity index (χ1) is 8.65. The fourth-order valence-electron chi connectivity index (χ4n) is 2.33. The molecule has 0 atom stereocenters. The van der Waals surface area contributed by atoms with Gasteiger partial charge in [-0.1, -0.05) is 13.8 Å². The van der Waals surface area contributed by atoms with Gasteiger partial charge in [0, 0.05) is 12.6 Å². The molecule has 2 N–H and O–H groups in total. The van der Waals surface area contributed by atoms with Gasteiger partial charge in [0.05, 0.1) is 23.9 Å². The molecule has 1 aromatic carbocycles. The molecule has 0 unspecified atom stereocenters. The quantitative estimate of drug-likeness (QED) is 0.864. The summed E-state index contributed by atoms with van der Waals surface area (Å²) in [7, 11) is 1.62. The van der Waals surface area contributed by atoms with Crippen molar-refractivity contribution >= 4 is 17.3 Å². The first-order valence-electron chi connectivity index (χ1n) is 6.38. The van der Waals surface area contributed by atoms with E-state index in [2.05, 4.69) is 24.5 Å². The van der Waals surface area contributed by atoms with Gasteiger partial charge in [0.2, 0.25) is 5.91 Å². The lowest BCUT2D eigenvalue weighted by molar-refractivity contribution is -0.125. The summed E-state index contributed by atoms with van der Waals surface area (Å²) >= 11 is 0. The van der Waals surface area contributed by atoms with Crippen LogP contribution in [0.5, 0.6) is 5.75 Å². The molecule has 1 heterocycles. The molecule has 1 aliphatic heterocycles. The average Bonchev–Trinajstić information content (AvgIpc) is 2.54. The van der Waals surface area contributed by atoms with Crippen LogP contribution in [0.3, 0.4) is 0 Å². The molecule has 0 aliphatic carbocycles. The summed E-state index contributed by atoms with van der Waals surface area (Å²) in [4.78, 5) is 12.4. The number of nitrogens with one attached hydrogen (secondary N) is 2. The van der Waals surface area contributed by atoms with E-state index < -0.39 is 0 Å². The summed E-state index contributed by atoms with van der Waals surface area (Å²) in [5.41, 5.74) is 1.42. The molecule has 0 bridgehead atoms. The maximum Gasteiger partial charge on any atom is 0.232 e. The van der Waals surface area contributed by atoms with Gasteiger partial charge in [-0.3, -0.25) is 4.79 Å². The van der Waals surface area contributed by atoms with Gasteiger partial charge in [0.25, 0.3) is 0 Å². The van der Waals surface area contributed by atoms with Crippen molar-refractivity contribution < 1.29 is 9.53 Å². The normalized spacial score (nSPS) is 17.2. The lowest BCUT2D eigenvalue weighted by Crippen LogP contribution is -2.39.